The predicted octanol–water partition coefficient (Wildman–Crippen LogP) is 6.68. The molecule has 0 spiro atoms. The molecule has 1 fully saturated rings. The molecule has 2 aromatic carbocycles. The Labute approximate surface area is 213 Å². The third-order valence-electron chi connectivity index (χ3n) is 6.17. The summed E-state index contributed by atoms with van der Waals surface area (Å²) in [6, 6.07) is 20.4. The average molecular weight is 509 g/mol. The summed E-state index contributed by atoms with van der Waals surface area (Å²) >= 11 is 18.2. The fourth-order valence-corrected chi connectivity index (χ4v) is 5.32. The summed E-state index contributed by atoms with van der Waals surface area (Å²) in [4.78, 5) is 6.73. The lowest BCUT2D eigenvalue weighted by Crippen LogP contribution is -2.29. The Kier molecular flexibility index (Phi) is 5.98. The van der Waals surface area contributed by atoms with Gasteiger partial charge in [0.2, 0.25) is 0 Å². The van der Waals surface area contributed by atoms with E-state index in [-0.39, 0.29) is 17.8 Å². The van der Waals surface area contributed by atoms with Crippen LogP contribution in [-0.4, -0.2) is 19.8 Å². The Bertz CT molecular complexity index is 1370. The van der Waals surface area contributed by atoms with Gasteiger partial charge in [0.25, 0.3) is 0 Å². The standard InChI is InChI=1S/C26H22Cl2N4OS/c1-15-13-20(16(2)31(15)22-14-18(28)8-11-23(22)33)25-24(21-5-3-4-12-29-21)30-26(34)32(25)19-9-6-17(27)7-10-19/h3-14,24-25,33H,1-2H3,(H,30,34)/t24-,25+/m1/s1. The normalized spacial score (nSPS) is 17.8. The summed E-state index contributed by atoms with van der Waals surface area (Å²) in [7, 11) is 0. The highest BCUT2D eigenvalue weighted by atomic mass is 35.5. The summed E-state index contributed by atoms with van der Waals surface area (Å²) in [5.41, 5.74) is 5.47. The maximum absolute atomic E-state index is 10.6. The first-order valence-corrected chi connectivity index (χ1v) is 12.0. The number of benzene rings is 2. The van der Waals surface area contributed by atoms with Gasteiger partial charge < -0.3 is 19.9 Å². The number of anilines is 1. The Hall–Kier alpha value is -3.06. The molecule has 5 nitrogen and oxygen atoms in total. The number of halogens is 2. The Morgan fingerprint density at radius 3 is 2.41 bits per heavy atom. The smallest absolute Gasteiger partial charge is 0.174 e. The average Bonchev–Trinajstić information content (AvgIpc) is 3.32. The zero-order valence-electron chi connectivity index (χ0n) is 18.5. The topological polar surface area (TPSA) is 53.3 Å². The molecular formula is C26H22Cl2N4OS. The van der Waals surface area contributed by atoms with Crippen LogP contribution < -0.4 is 10.2 Å². The third-order valence-corrected chi connectivity index (χ3v) is 6.97. The van der Waals surface area contributed by atoms with Crippen LogP contribution in [0.1, 0.15) is 34.7 Å². The number of pyridine rings is 1. The van der Waals surface area contributed by atoms with Crippen LogP contribution in [0.25, 0.3) is 5.69 Å². The van der Waals surface area contributed by atoms with Gasteiger partial charge in [-0.25, -0.2) is 0 Å². The van der Waals surface area contributed by atoms with Crippen LogP contribution in [-0.2, 0) is 0 Å². The third kappa shape index (κ3) is 3.92. The van der Waals surface area contributed by atoms with Crippen LogP contribution >= 0.6 is 35.4 Å². The number of nitrogens with one attached hydrogen (secondary N) is 1. The van der Waals surface area contributed by atoms with E-state index in [2.05, 4.69) is 21.3 Å². The van der Waals surface area contributed by atoms with E-state index >= 15 is 0 Å². The van der Waals surface area contributed by atoms with Crippen molar-refractivity contribution in [2.24, 2.45) is 0 Å². The highest BCUT2D eigenvalue weighted by Gasteiger charge is 2.42. The second-order valence-corrected chi connectivity index (χ2v) is 9.53. The molecule has 5 rings (SSSR count). The van der Waals surface area contributed by atoms with Crippen LogP contribution in [0.5, 0.6) is 5.75 Å². The van der Waals surface area contributed by atoms with Crippen LogP contribution in [0.4, 0.5) is 5.69 Å². The van der Waals surface area contributed by atoms with Crippen LogP contribution in [0, 0.1) is 13.8 Å². The Balaban J connectivity index is 1.70. The first kappa shape index (κ1) is 22.7. The van der Waals surface area contributed by atoms with Crippen LogP contribution in [0.2, 0.25) is 10.0 Å². The molecule has 0 aliphatic carbocycles. The number of thiocarbonyl (C=S) groups is 1. The quantitative estimate of drug-likeness (QED) is 0.301. The van der Waals surface area contributed by atoms with Crippen LogP contribution in [0.15, 0.2) is 72.9 Å². The molecule has 0 unspecified atom stereocenters. The summed E-state index contributed by atoms with van der Waals surface area (Å²) < 4.78 is 2.02. The molecule has 8 heteroatoms. The number of rotatable bonds is 4. The number of hydrogen-bond acceptors (Lipinski definition) is 3. The Morgan fingerprint density at radius 1 is 0.971 bits per heavy atom. The summed E-state index contributed by atoms with van der Waals surface area (Å²) in [5, 5.41) is 15.9. The second-order valence-electron chi connectivity index (χ2n) is 8.27. The van der Waals surface area contributed by atoms with Gasteiger partial charge in [-0.2, -0.15) is 0 Å². The number of nitrogens with zero attached hydrogens (tertiary/aromatic N) is 3. The molecule has 0 bridgehead atoms. The van der Waals surface area contributed by atoms with E-state index in [1.807, 2.05) is 60.9 Å². The van der Waals surface area contributed by atoms with E-state index in [0.717, 1.165) is 28.3 Å². The van der Waals surface area contributed by atoms with Crippen molar-refractivity contribution in [1.29, 1.82) is 0 Å². The largest absolute Gasteiger partial charge is 0.506 e. The molecule has 4 aromatic rings. The first-order valence-electron chi connectivity index (χ1n) is 10.8. The molecule has 1 aliphatic rings. The van der Waals surface area contributed by atoms with E-state index in [9.17, 15) is 5.11 Å². The fraction of sp³-hybridized carbons (Fsp3) is 0.154. The van der Waals surface area contributed by atoms with Crippen molar-refractivity contribution in [3.63, 3.8) is 0 Å². The summed E-state index contributed by atoms with van der Waals surface area (Å²) in [6.45, 7) is 4.06. The van der Waals surface area contributed by atoms with Gasteiger partial charge in [0.15, 0.2) is 5.11 Å². The van der Waals surface area contributed by atoms with E-state index in [1.165, 1.54) is 0 Å². The molecule has 2 atom stereocenters. The molecule has 2 N–H and O–H groups in total. The van der Waals surface area contributed by atoms with Crippen molar-refractivity contribution in [3.8, 4) is 11.4 Å². The van der Waals surface area contributed by atoms with Gasteiger partial charge in [0, 0.05) is 33.3 Å². The maximum Gasteiger partial charge on any atom is 0.174 e. The van der Waals surface area contributed by atoms with Crippen molar-refractivity contribution >= 4 is 46.2 Å². The zero-order valence-corrected chi connectivity index (χ0v) is 20.9. The molecule has 3 heterocycles. The Morgan fingerprint density at radius 2 is 1.71 bits per heavy atom. The predicted molar refractivity (Wildman–Crippen MR) is 141 cm³/mol. The van der Waals surface area contributed by atoms with Crippen molar-refractivity contribution in [1.82, 2.24) is 14.9 Å². The minimum atomic E-state index is -0.176. The molecular weight excluding hydrogens is 487 g/mol. The van der Waals surface area contributed by atoms with Gasteiger partial charge >= 0.3 is 0 Å². The van der Waals surface area contributed by atoms with Gasteiger partial charge in [-0.15, -0.1) is 0 Å². The van der Waals surface area contributed by atoms with E-state index in [4.69, 9.17) is 35.4 Å². The molecule has 2 aromatic heterocycles. The van der Waals surface area contributed by atoms with E-state index < -0.39 is 0 Å². The number of phenols is 1. The van der Waals surface area contributed by atoms with Gasteiger partial charge in [0.1, 0.15) is 5.75 Å². The fourth-order valence-electron chi connectivity index (χ4n) is 4.68. The zero-order chi connectivity index (χ0) is 24.0. The highest BCUT2D eigenvalue weighted by Crippen LogP contribution is 2.44. The lowest BCUT2D eigenvalue weighted by molar-refractivity contribution is 0.471. The molecule has 0 radical (unpaired) electrons. The summed E-state index contributed by atoms with van der Waals surface area (Å²) in [6.07, 6.45) is 1.79. The minimum Gasteiger partial charge on any atom is -0.506 e. The molecule has 0 saturated carbocycles. The monoisotopic (exact) mass is 508 g/mol. The van der Waals surface area contributed by atoms with Gasteiger partial charge in [-0.1, -0.05) is 29.3 Å². The molecule has 172 valence electrons. The van der Waals surface area contributed by atoms with Crippen molar-refractivity contribution in [3.05, 3.63) is 106 Å². The highest BCUT2D eigenvalue weighted by molar-refractivity contribution is 7.80. The lowest BCUT2D eigenvalue weighted by atomic mass is 9.96. The number of phenolic OH excluding ortho intramolecular Hbond substituents is 1. The van der Waals surface area contributed by atoms with Crippen molar-refractivity contribution in [2.75, 3.05) is 4.90 Å². The minimum absolute atomic E-state index is 0.161. The van der Waals surface area contributed by atoms with E-state index in [1.54, 1.807) is 24.4 Å². The molecule has 1 aliphatic heterocycles. The molecule has 1 saturated heterocycles. The van der Waals surface area contributed by atoms with Crippen molar-refractivity contribution < 1.29 is 5.11 Å². The maximum atomic E-state index is 10.6. The van der Waals surface area contributed by atoms with Gasteiger partial charge in [-0.05, 0) is 92.3 Å². The number of aryl methyl sites for hydroxylation is 1. The number of aromatic hydroxyl groups is 1. The lowest BCUT2D eigenvalue weighted by Gasteiger charge is -2.28. The van der Waals surface area contributed by atoms with E-state index in [0.29, 0.717) is 20.8 Å². The number of aromatic nitrogens is 2. The SMILES string of the molecule is Cc1cc([C@H]2[C@@H](c3ccccn3)NC(=S)N2c2ccc(Cl)cc2)c(C)n1-c1cc(Cl)ccc1O. The van der Waals surface area contributed by atoms with Gasteiger partial charge in [-0.3, -0.25) is 4.98 Å². The number of hydrogen-bond donors (Lipinski definition) is 2. The molecule has 34 heavy (non-hydrogen) atoms. The van der Waals surface area contributed by atoms with Crippen LogP contribution in [0.3, 0.4) is 0 Å². The summed E-state index contributed by atoms with van der Waals surface area (Å²) in [5.74, 6) is 0.161. The van der Waals surface area contributed by atoms with Crippen molar-refractivity contribution in [2.45, 2.75) is 25.9 Å². The first-order chi connectivity index (χ1) is 16.3. The second kappa shape index (κ2) is 8.95. The van der Waals surface area contributed by atoms with Gasteiger partial charge in [0.05, 0.1) is 23.5 Å². The molecule has 0 amide bonds.